The third kappa shape index (κ3) is 3.39. The number of hydrogen-bond acceptors (Lipinski definition) is 5. The Morgan fingerprint density at radius 2 is 2.24 bits per heavy atom. The first kappa shape index (κ1) is 15.0. The Balaban J connectivity index is 2.13. The monoisotopic (exact) mass is 295 g/mol. The number of nitrogens with one attached hydrogen (secondary N) is 1. The highest BCUT2D eigenvalue weighted by Crippen LogP contribution is 2.23. The van der Waals surface area contributed by atoms with Crippen LogP contribution >= 0.6 is 0 Å². The summed E-state index contributed by atoms with van der Waals surface area (Å²) < 4.78 is 4.65. The number of nitrogens with zero attached hydrogens (tertiary/aromatic N) is 2. The van der Waals surface area contributed by atoms with Gasteiger partial charge in [0.1, 0.15) is 0 Å². The number of methoxy groups -OCH3 is 1. The zero-order chi connectivity index (χ0) is 15.4. The van der Waals surface area contributed by atoms with E-state index in [2.05, 4.69) is 9.72 Å². The number of carbonyl (C=O) groups excluding carboxylic acids is 2. The highest BCUT2D eigenvalue weighted by atomic mass is 16.6. The zero-order valence-corrected chi connectivity index (χ0v) is 11.7. The Morgan fingerprint density at radius 1 is 1.48 bits per heavy atom. The number of likely N-dealkylation sites (tertiary alicyclic amines) is 1. The molecule has 1 saturated heterocycles. The fourth-order valence-corrected chi connectivity index (χ4v) is 2.53. The summed E-state index contributed by atoms with van der Waals surface area (Å²) in [6.45, 7) is 0.535. The van der Waals surface area contributed by atoms with E-state index < -0.39 is 4.92 Å². The molecule has 1 aliphatic rings. The minimum atomic E-state index is -0.584. The van der Waals surface area contributed by atoms with Crippen LogP contribution in [0.4, 0.5) is 5.82 Å². The molecule has 1 aromatic rings. The second-order valence-electron chi connectivity index (χ2n) is 4.94. The molecule has 2 heterocycles. The van der Waals surface area contributed by atoms with Gasteiger partial charge in [0.15, 0.2) is 5.69 Å². The van der Waals surface area contributed by atoms with Crippen molar-refractivity contribution in [1.29, 1.82) is 0 Å². The lowest BCUT2D eigenvalue weighted by atomic mass is 9.99. The first-order chi connectivity index (χ1) is 10.0. The van der Waals surface area contributed by atoms with Gasteiger partial charge in [0, 0.05) is 18.7 Å². The normalized spacial score (nSPS) is 18.3. The van der Waals surface area contributed by atoms with Crippen LogP contribution in [0.2, 0.25) is 0 Å². The molecule has 21 heavy (non-hydrogen) atoms. The van der Waals surface area contributed by atoms with Gasteiger partial charge in [-0.3, -0.25) is 9.59 Å². The van der Waals surface area contributed by atoms with E-state index in [1.807, 2.05) is 0 Å². The van der Waals surface area contributed by atoms with E-state index in [0.717, 1.165) is 19.3 Å². The molecule has 0 aliphatic carbocycles. The number of aromatic amines is 1. The number of carbonyl (C=O) groups is 2. The van der Waals surface area contributed by atoms with Crippen molar-refractivity contribution in [1.82, 2.24) is 9.88 Å². The first-order valence-corrected chi connectivity index (χ1v) is 6.74. The van der Waals surface area contributed by atoms with Crippen molar-refractivity contribution >= 4 is 17.7 Å². The fourth-order valence-electron chi connectivity index (χ4n) is 2.53. The SMILES string of the molecule is COC(=O)CC1CCCCN1C(=O)c1ccc([N+](=O)[O-])[nH]1. The van der Waals surface area contributed by atoms with Crippen molar-refractivity contribution in [2.45, 2.75) is 31.7 Å². The largest absolute Gasteiger partial charge is 0.469 e. The Bertz CT molecular complexity index is 554. The quantitative estimate of drug-likeness (QED) is 0.514. The third-order valence-electron chi connectivity index (χ3n) is 3.62. The summed E-state index contributed by atoms with van der Waals surface area (Å²) in [5, 5.41) is 10.7. The van der Waals surface area contributed by atoms with Crippen molar-refractivity contribution in [3.8, 4) is 0 Å². The summed E-state index contributed by atoms with van der Waals surface area (Å²) in [6, 6.07) is 2.43. The predicted octanol–water partition coefficient (Wildman–Crippen LogP) is 1.48. The number of rotatable bonds is 4. The molecule has 1 aliphatic heterocycles. The molecular formula is C13H17N3O5. The van der Waals surface area contributed by atoms with E-state index in [1.165, 1.54) is 19.2 Å². The average Bonchev–Trinajstić information content (AvgIpc) is 2.97. The minimum Gasteiger partial charge on any atom is -0.469 e. The van der Waals surface area contributed by atoms with E-state index >= 15 is 0 Å². The summed E-state index contributed by atoms with van der Waals surface area (Å²) in [5.74, 6) is -0.909. The molecule has 1 unspecified atom stereocenters. The predicted molar refractivity (Wildman–Crippen MR) is 72.8 cm³/mol. The molecule has 114 valence electrons. The van der Waals surface area contributed by atoms with Crippen LogP contribution in [0, 0.1) is 10.1 Å². The fraction of sp³-hybridized carbons (Fsp3) is 0.538. The molecule has 1 atom stereocenters. The van der Waals surface area contributed by atoms with Gasteiger partial charge in [0.2, 0.25) is 0 Å². The van der Waals surface area contributed by atoms with Crippen molar-refractivity contribution in [3.05, 3.63) is 27.9 Å². The highest BCUT2D eigenvalue weighted by Gasteiger charge is 2.31. The maximum absolute atomic E-state index is 12.4. The van der Waals surface area contributed by atoms with Gasteiger partial charge in [0.25, 0.3) is 5.91 Å². The maximum Gasteiger partial charge on any atom is 0.321 e. The lowest BCUT2D eigenvalue weighted by Gasteiger charge is -2.34. The van der Waals surface area contributed by atoms with Crippen LogP contribution in [0.3, 0.4) is 0 Å². The van der Waals surface area contributed by atoms with E-state index in [1.54, 1.807) is 4.90 Å². The molecule has 8 heteroatoms. The Morgan fingerprint density at radius 3 is 2.86 bits per heavy atom. The molecular weight excluding hydrogens is 278 g/mol. The molecule has 2 rings (SSSR count). The molecule has 0 bridgehead atoms. The van der Waals surface area contributed by atoms with Gasteiger partial charge in [-0.1, -0.05) is 0 Å². The van der Waals surface area contributed by atoms with Crippen LogP contribution in [0.25, 0.3) is 0 Å². The summed E-state index contributed by atoms with van der Waals surface area (Å²) in [7, 11) is 1.31. The number of esters is 1. The standard InChI is InChI=1S/C13H17N3O5/c1-21-12(17)8-9-4-2-3-7-15(9)13(18)10-5-6-11(14-10)16(19)20/h5-6,9,14H,2-4,7-8H2,1H3. The van der Waals surface area contributed by atoms with Gasteiger partial charge in [-0.2, -0.15) is 0 Å². The maximum atomic E-state index is 12.4. The van der Waals surface area contributed by atoms with Crippen molar-refractivity contribution in [3.63, 3.8) is 0 Å². The second-order valence-corrected chi connectivity index (χ2v) is 4.94. The number of amides is 1. The van der Waals surface area contributed by atoms with Gasteiger partial charge in [-0.05, 0) is 30.3 Å². The smallest absolute Gasteiger partial charge is 0.321 e. The number of ether oxygens (including phenoxy) is 1. The molecule has 1 fully saturated rings. The first-order valence-electron chi connectivity index (χ1n) is 6.74. The molecule has 0 aromatic carbocycles. The summed E-state index contributed by atoms with van der Waals surface area (Å²) >= 11 is 0. The average molecular weight is 295 g/mol. The molecule has 1 amide bonds. The molecule has 0 saturated carbocycles. The van der Waals surface area contributed by atoms with E-state index in [9.17, 15) is 19.7 Å². The van der Waals surface area contributed by atoms with Crippen molar-refractivity contribution < 1.29 is 19.2 Å². The number of aromatic nitrogens is 1. The molecule has 0 spiro atoms. The van der Waals surface area contributed by atoms with Crippen LogP contribution in [-0.2, 0) is 9.53 Å². The van der Waals surface area contributed by atoms with Crippen molar-refractivity contribution in [2.24, 2.45) is 0 Å². The summed E-state index contributed by atoms with van der Waals surface area (Å²) in [5.41, 5.74) is 0.165. The Kier molecular flexibility index (Phi) is 4.56. The van der Waals surface area contributed by atoms with Crippen LogP contribution in [0.1, 0.15) is 36.2 Å². The van der Waals surface area contributed by atoms with Gasteiger partial charge < -0.3 is 19.8 Å². The number of nitro groups is 1. The summed E-state index contributed by atoms with van der Waals surface area (Å²) in [6.07, 6.45) is 2.66. The van der Waals surface area contributed by atoms with Crippen LogP contribution in [-0.4, -0.2) is 46.4 Å². The van der Waals surface area contributed by atoms with E-state index in [-0.39, 0.29) is 35.9 Å². The number of H-pyrrole nitrogens is 1. The molecule has 1 N–H and O–H groups in total. The second kappa shape index (κ2) is 6.38. The van der Waals surface area contributed by atoms with E-state index in [0.29, 0.717) is 6.54 Å². The Labute approximate surface area is 121 Å². The van der Waals surface area contributed by atoms with Crippen LogP contribution in [0.15, 0.2) is 12.1 Å². The Hall–Kier alpha value is -2.38. The molecule has 1 aromatic heterocycles. The third-order valence-corrected chi connectivity index (χ3v) is 3.62. The highest BCUT2D eigenvalue weighted by molar-refractivity contribution is 5.93. The zero-order valence-electron chi connectivity index (χ0n) is 11.7. The van der Waals surface area contributed by atoms with Crippen molar-refractivity contribution in [2.75, 3.05) is 13.7 Å². The van der Waals surface area contributed by atoms with Gasteiger partial charge in [-0.25, -0.2) is 4.98 Å². The van der Waals surface area contributed by atoms with Crippen LogP contribution in [0.5, 0.6) is 0 Å². The lowest BCUT2D eigenvalue weighted by molar-refractivity contribution is -0.389. The van der Waals surface area contributed by atoms with Gasteiger partial charge in [0.05, 0.1) is 13.5 Å². The molecule has 8 nitrogen and oxygen atoms in total. The number of hydrogen-bond donors (Lipinski definition) is 1. The van der Waals surface area contributed by atoms with E-state index in [4.69, 9.17) is 0 Å². The van der Waals surface area contributed by atoms with Gasteiger partial charge >= 0.3 is 11.8 Å². The summed E-state index contributed by atoms with van der Waals surface area (Å²) in [4.78, 5) is 38.0. The van der Waals surface area contributed by atoms with Gasteiger partial charge in [-0.15, -0.1) is 0 Å². The molecule has 0 radical (unpaired) electrons. The lowest BCUT2D eigenvalue weighted by Crippen LogP contribution is -2.45. The minimum absolute atomic E-state index is 0.144. The van der Waals surface area contributed by atoms with Crippen LogP contribution < -0.4 is 0 Å². The number of piperidine rings is 1. The topological polar surface area (TPSA) is 106 Å².